The molecule has 8 heteroatoms. The van der Waals surface area contributed by atoms with Crippen molar-refractivity contribution >= 4 is 29.1 Å². The Hall–Kier alpha value is -1.73. The molecule has 0 bridgehead atoms. The van der Waals surface area contributed by atoms with E-state index in [0.29, 0.717) is 13.1 Å². The van der Waals surface area contributed by atoms with Crippen molar-refractivity contribution in [3.8, 4) is 11.1 Å². The minimum absolute atomic E-state index is 0.503. The lowest BCUT2D eigenvalue weighted by Gasteiger charge is -2.34. The van der Waals surface area contributed by atoms with Crippen molar-refractivity contribution in [2.45, 2.75) is 49.3 Å². The third kappa shape index (κ3) is 4.65. The lowest BCUT2D eigenvalue weighted by atomic mass is 9.98. The summed E-state index contributed by atoms with van der Waals surface area (Å²) in [6.45, 7) is 4.38. The van der Waals surface area contributed by atoms with Gasteiger partial charge in [-0.15, -0.1) is 0 Å². The molecule has 32 heavy (non-hydrogen) atoms. The van der Waals surface area contributed by atoms with Crippen molar-refractivity contribution in [1.82, 2.24) is 9.80 Å². The Kier molecular flexibility index (Phi) is 6.78. The first-order chi connectivity index (χ1) is 15.2. The summed E-state index contributed by atoms with van der Waals surface area (Å²) in [5.41, 5.74) is 2.94. The molecule has 2 atom stereocenters. The van der Waals surface area contributed by atoms with Crippen molar-refractivity contribution in [3.05, 3.63) is 59.7 Å². The Morgan fingerprint density at radius 1 is 1.09 bits per heavy atom. The number of amides is 1. The van der Waals surface area contributed by atoms with Crippen LogP contribution in [0.25, 0.3) is 11.1 Å². The Labute approximate surface area is 197 Å². The summed E-state index contributed by atoms with van der Waals surface area (Å²) in [6, 6.07) is 15.1. The summed E-state index contributed by atoms with van der Waals surface area (Å²) in [5.74, 6) is -0.569. The van der Waals surface area contributed by atoms with Gasteiger partial charge < -0.3 is 9.64 Å². The Morgan fingerprint density at radius 2 is 1.66 bits per heavy atom. The standard InChI is InChI=1S/C24H26Cl2F2N2O2/c1-24(2)30(23(31)22(25)26)20(11-27)21(32-24)18-9-7-17(8-10-18)16-5-3-15(4-6-16)12-29-13-19(28)14-29/h3-10,19-22H,11-14H2,1-2H3/t20-,21-/m1/s1. The van der Waals surface area contributed by atoms with Crippen LogP contribution in [0.2, 0.25) is 0 Å². The van der Waals surface area contributed by atoms with Crippen molar-refractivity contribution < 1.29 is 18.3 Å². The Balaban J connectivity index is 1.49. The van der Waals surface area contributed by atoms with Gasteiger partial charge in [0.2, 0.25) is 0 Å². The number of nitrogens with zero attached hydrogens (tertiary/aromatic N) is 2. The fourth-order valence-corrected chi connectivity index (χ4v) is 4.73. The maximum absolute atomic E-state index is 14.0. The van der Waals surface area contributed by atoms with Crippen LogP contribution in [0.5, 0.6) is 0 Å². The lowest BCUT2D eigenvalue weighted by Crippen LogP contribution is -2.50. The number of benzene rings is 2. The number of rotatable bonds is 6. The van der Waals surface area contributed by atoms with Crippen LogP contribution in [0.3, 0.4) is 0 Å². The predicted octanol–water partition coefficient (Wildman–Crippen LogP) is 5.29. The zero-order chi connectivity index (χ0) is 23.0. The van der Waals surface area contributed by atoms with Gasteiger partial charge in [-0.2, -0.15) is 0 Å². The molecule has 0 saturated carbocycles. The number of hydrogen-bond acceptors (Lipinski definition) is 3. The van der Waals surface area contributed by atoms with Crippen LogP contribution in [-0.2, 0) is 16.1 Å². The second kappa shape index (κ2) is 9.26. The molecule has 1 amide bonds. The van der Waals surface area contributed by atoms with Crippen molar-refractivity contribution in [3.63, 3.8) is 0 Å². The van der Waals surface area contributed by atoms with E-state index >= 15 is 0 Å². The van der Waals surface area contributed by atoms with Crippen molar-refractivity contribution in [1.29, 1.82) is 0 Å². The molecule has 2 saturated heterocycles. The summed E-state index contributed by atoms with van der Waals surface area (Å²) < 4.78 is 33.0. The third-order valence-corrected chi connectivity index (χ3v) is 6.48. The molecule has 0 aliphatic carbocycles. The van der Waals surface area contributed by atoms with Gasteiger partial charge in [-0.3, -0.25) is 9.69 Å². The lowest BCUT2D eigenvalue weighted by molar-refractivity contribution is -0.145. The van der Waals surface area contributed by atoms with Gasteiger partial charge in [-0.25, -0.2) is 8.78 Å². The van der Waals surface area contributed by atoms with E-state index in [-0.39, 0.29) is 0 Å². The fraction of sp³-hybridized carbons (Fsp3) is 0.458. The van der Waals surface area contributed by atoms with Crippen LogP contribution >= 0.6 is 23.2 Å². The minimum atomic E-state index is -1.28. The van der Waals surface area contributed by atoms with Crippen LogP contribution in [0.4, 0.5) is 8.78 Å². The Bertz CT molecular complexity index is 947. The number of likely N-dealkylation sites (tertiary alicyclic amines) is 1. The topological polar surface area (TPSA) is 32.8 Å². The second-order valence-corrected chi connectivity index (χ2v) is 9.92. The molecule has 0 spiro atoms. The maximum atomic E-state index is 14.0. The number of carbonyl (C=O) groups is 1. The molecule has 0 N–H and O–H groups in total. The molecule has 2 heterocycles. The largest absolute Gasteiger partial charge is 0.346 e. The highest BCUT2D eigenvalue weighted by molar-refractivity contribution is 6.53. The first-order valence-electron chi connectivity index (χ1n) is 10.6. The molecule has 0 unspecified atom stereocenters. The van der Waals surface area contributed by atoms with Crippen LogP contribution in [-0.4, -0.2) is 58.2 Å². The highest BCUT2D eigenvalue weighted by atomic mass is 35.5. The molecule has 2 aliphatic heterocycles. The number of alkyl halides is 4. The van der Waals surface area contributed by atoms with E-state index in [1.54, 1.807) is 13.8 Å². The van der Waals surface area contributed by atoms with Gasteiger partial charge in [0.15, 0.2) is 4.84 Å². The van der Waals surface area contributed by atoms with Crippen LogP contribution in [0.15, 0.2) is 48.5 Å². The summed E-state index contributed by atoms with van der Waals surface area (Å²) in [6.07, 6.45) is -1.32. The average molecular weight is 483 g/mol. The van der Waals surface area contributed by atoms with E-state index in [1.165, 1.54) is 4.90 Å². The molecular formula is C24H26Cl2F2N2O2. The molecule has 4 rings (SSSR count). The average Bonchev–Trinajstić information content (AvgIpc) is 3.03. The van der Waals surface area contributed by atoms with E-state index in [9.17, 15) is 13.6 Å². The first-order valence-corrected chi connectivity index (χ1v) is 11.5. The van der Waals surface area contributed by atoms with Gasteiger partial charge in [0.1, 0.15) is 24.7 Å². The quantitative estimate of drug-likeness (QED) is 0.524. The number of ether oxygens (including phenoxy) is 1. The first kappa shape index (κ1) is 23.4. The maximum Gasteiger partial charge on any atom is 0.258 e. The summed E-state index contributed by atoms with van der Waals surface area (Å²) in [5, 5.41) is 0. The molecule has 0 radical (unpaired) electrons. The molecule has 4 nitrogen and oxygen atoms in total. The van der Waals surface area contributed by atoms with Crippen LogP contribution < -0.4 is 0 Å². The van der Waals surface area contributed by atoms with Gasteiger partial charge in [-0.05, 0) is 36.1 Å². The highest BCUT2D eigenvalue weighted by Crippen LogP contribution is 2.42. The van der Waals surface area contributed by atoms with Gasteiger partial charge in [0, 0.05) is 19.6 Å². The second-order valence-electron chi connectivity index (χ2n) is 8.83. The van der Waals surface area contributed by atoms with Crippen LogP contribution in [0.1, 0.15) is 31.1 Å². The molecular weight excluding hydrogens is 457 g/mol. The predicted molar refractivity (Wildman–Crippen MR) is 122 cm³/mol. The molecule has 2 aliphatic rings. The van der Waals surface area contributed by atoms with Crippen molar-refractivity contribution in [2.75, 3.05) is 19.8 Å². The van der Waals surface area contributed by atoms with E-state index in [1.807, 2.05) is 36.4 Å². The number of hydrogen-bond donors (Lipinski definition) is 0. The molecule has 172 valence electrons. The normalized spacial score (nSPS) is 23.5. The molecule has 0 aromatic heterocycles. The van der Waals surface area contributed by atoms with E-state index in [2.05, 4.69) is 17.0 Å². The van der Waals surface area contributed by atoms with Crippen LogP contribution in [0, 0.1) is 0 Å². The van der Waals surface area contributed by atoms with Gasteiger partial charge in [0.25, 0.3) is 5.91 Å². The monoisotopic (exact) mass is 482 g/mol. The summed E-state index contributed by atoms with van der Waals surface area (Å²) in [7, 11) is 0. The summed E-state index contributed by atoms with van der Waals surface area (Å²) >= 11 is 11.5. The van der Waals surface area contributed by atoms with E-state index < -0.39 is 41.5 Å². The smallest absolute Gasteiger partial charge is 0.258 e. The SMILES string of the molecule is CC1(C)O[C@H](c2ccc(-c3ccc(CN4CC(F)C4)cc3)cc2)[C@@H](CF)N1C(=O)C(Cl)Cl. The number of carbonyl (C=O) groups excluding carboxylic acids is 1. The Morgan fingerprint density at radius 3 is 2.16 bits per heavy atom. The van der Waals surface area contributed by atoms with Crippen molar-refractivity contribution in [2.24, 2.45) is 0 Å². The highest BCUT2D eigenvalue weighted by Gasteiger charge is 2.51. The van der Waals surface area contributed by atoms with Gasteiger partial charge in [-0.1, -0.05) is 71.7 Å². The summed E-state index contributed by atoms with van der Waals surface area (Å²) in [4.78, 5) is 14.6. The minimum Gasteiger partial charge on any atom is -0.346 e. The number of halogens is 4. The molecule has 2 aromatic carbocycles. The fourth-order valence-electron chi connectivity index (χ4n) is 4.52. The van der Waals surface area contributed by atoms with Gasteiger partial charge in [0.05, 0.1) is 6.04 Å². The van der Waals surface area contributed by atoms with E-state index in [0.717, 1.165) is 28.8 Å². The van der Waals surface area contributed by atoms with Gasteiger partial charge >= 0.3 is 0 Å². The third-order valence-electron chi connectivity index (χ3n) is 6.10. The zero-order valence-corrected chi connectivity index (χ0v) is 19.5. The van der Waals surface area contributed by atoms with E-state index in [4.69, 9.17) is 27.9 Å². The zero-order valence-electron chi connectivity index (χ0n) is 18.0. The molecule has 2 aromatic rings. The molecule has 2 fully saturated rings.